The van der Waals surface area contributed by atoms with E-state index in [1.165, 1.54) is 5.56 Å². The number of hydrogen-bond acceptors (Lipinski definition) is 2. The zero-order valence-electron chi connectivity index (χ0n) is 8.16. The van der Waals surface area contributed by atoms with Gasteiger partial charge in [0.2, 0.25) is 0 Å². The summed E-state index contributed by atoms with van der Waals surface area (Å²) >= 11 is 5.90. The maximum atomic E-state index is 5.90. The third-order valence-corrected chi connectivity index (χ3v) is 2.63. The first-order chi connectivity index (χ1) is 6.65. The van der Waals surface area contributed by atoms with Crippen LogP contribution in [-0.4, -0.2) is 12.1 Å². The molecule has 2 nitrogen and oxygen atoms in total. The summed E-state index contributed by atoms with van der Waals surface area (Å²) in [5.74, 6) is 0.958. The van der Waals surface area contributed by atoms with Crippen LogP contribution in [0, 0.1) is 0 Å². The normalized spacial score (nSPS) is 21.5. The van der Waals surface area contributed by atoms with Gasteiger partial charge in [-0.3, -0.25) is 0 Å². The second-order valence-electron chi connectivity index (χ2n) is 3.91. The molecule has 0 aliphatic carbocycles. The Bertz CT molecular complexity index is 338. The van der Waals surface area contributed by atoms with Crippen LogP contribution in [0.5, 0.6) is 5.75 Å². The Balaban J connectivity index is 2.10. The fourth-order valence-corrected chi connectivity index (χ4v) is 2.03. The molecule has 0 fully saturated rings. The van der Waals surface area contributed by atoms with Gasteiger partial charge in [-0.05, 0) is 37.1 Å². The standard InChI is InChI=1S/C11H14ClNO/c1-7(13)4-10-6-8-5-9(12)2-3-11(8)14-10/h2-3,5,7,10H,4,6,13H2,1H3. The molecule has 14 heavy (non-hydrogen) atoms. The van der Waals surface area contributed by atoms with Crippen LogP contribution in [0.3, 0.4) is 0 Å². The van der Waals surface area contributed by atoms with Crippen molar-refractivity contribution in [1.82, 2.24) is 0 Å². The molecule has 0 spiro atoms. The maximum Gasteiger partial charge on any atom is 0.123 e. The monoisotopic (exact) mass is 211 g/mol. The third-order valence-electron chi connectivity index (χ3n) is 2.40. The van der Waals surface area contributed by atoms with Crippen molar-refractivity contribution in [3.8, 4) is 5.75 Å². The van der Waals surface area contributed by atoms with Crippen molar-refractivity contribution in [3.05, 3.63) is 28.8 Å². The Kier molecular flexibility index (Phi) is 2.66. The number of ether oxygens (including phenoxy) is 1. The number of fused-ring (bicyclic) bond motifs is 1. The van der Waals surface area contributed by atoms with Gasteiger partial charge in [-0.25, -0.2) is 0 Å². The van der Waals surface area contributed by atoms with E-state index in [2.05, 4.69) is 0 Å². The molecule has 2 unspecified atom stereocenters. The number of halogens is 1. The first-order valence-corrected chi connectivity index (χ1v) is 5.23. The Labute approximate surface area is 89.0 Å². The highest BCUT2D eigenvalue weighted by molar-refractivity contribution is 6.30. The van der Waals surface area contributed by atoms with Gasteiger partial charge >= 0.3 is 0 Å². The van der Waals surface area contributed by atoms with E-state index in [9.17, 15) is 0 Å². The highest BCUT2D eigenvalue weighted by atomic mass is 35.5. The summed E-state index contributed by atoms with van der Waals surface area (Å²) in [6, 6.07) is 5.94. The van der Waals surface area contributed by atoms with Crippen LogP contribution < -0.4 is 10.5 Å². The summed E-state index contributed by atoms with van der Waals surface area (Å²) in [6.45, 7) is 2.00. The summed E-state index contributed by atoms with van der Waals surface area (Å²) in [5, 5.41) is 0.772. The molecule has 1 heterocycles. The predicted molar refractivity (Wildman–Crippen MR) is 57.8 cm³/mol. The van der Waals surface area contributed by atoms with E-state index in [-0.39, 0.29) is 12.1 Å². The van der Waals surface area contributed by atoms with Crippen LogP contribution in [0.25, 0.3) is 0 Å². The maximum absolute atomic E-state index is 5.90. The molecule has 0 bridgehead atoms. The van der Waals surface area contributed by atoms with Crippen molar-refractivity contribution in [2.24, 2.45) is 5.73 Å². The van der Waals surface area contributed by atoms with E-state index in [1.807, 2.05) is 25.1 Å². The van der Waals surface area contributed by atoms with Crippen LogP contribution in [-0.2, 0) is 6.42 Å². The van der Waals surface area contributed by atoms with Gasteiger partial charge in [0.25, 0.3) is 0 Å². The number of nitrogens with two attached hydrogens (primary N) is 1. The van der Waals surface area contributed by atoms with Gasteiger partial charge in [0, 0.05) is 17.5 Å². The molecule has 0 amide bonds. The van der Waals surface area contributed by atoms with Crippen LogP contribution in [0.4, 0.5) is 0 Å². The summed E-state index contributed by atoms with van der Waals surface area (Å²) in [7, 11) is 0. The molecule has 0 radical (unpaired) electrons. The zero-order valence-corrected chi connectivity index (χ0v) is 8.92. The lowest BCUT2D eigenvalue weighted by Gasteiger charge is -2.12. The van der Waals surface area contributed by atoms with Crippen molar-refractivity contribution in [1.29, 1.82) is 0 Å². The molecule has 0 aromatic heterocycles. The summed E-state index contributed by atoms with van der Waals surface area (Å²) in [5.41, 5.74) is 6.93. The Morgan fingerprint density at radius 3 is 3.14 bits per heavy atom. The molecule has 0 saturated heterocycles. The van der Waals surface area contributed by atoms with Crippen LogP contribution >= 0.6 is 11.6 Å². The second kappa shape index (κ2) is 3.79. The van der Waals surface area contributed by atoms with Crippen molar-refractivity contribution in [2.45, 2.75) is 31.9 Å². The fourth-order valence-electron chi connectivity index (χ4n) is 1.84. The van der Waals surface area contributed by atoms with E-state index in [0.717, 1.165) is 23.6 Å². The Hall–Kier alpha value is -0.730. The Morgan fingerprint density at radius 1 is 1.64 bits per heavy atom. The van der Waals surface area contributed by atoms with Gasteiger partial charge in [0.1, 0.15) is 11.9 Å². The molecule has 1 aromatic carbocycles. The molecule has 76 valence electrons. The molecule has 1 aliphatic rings. The highest BCUT2D eigenvalue weighted by Crippen LogP contribution is 2.32. The lowest BCUT2D eigenvalue weighted by molar-refractivity contribution is 0.213. The van der Waals surface area contributed by atoms with Crippen molar-refractivity contribution in [3.63, 3.8) is 0 Å². The molecule has 3 heteroatoms. The van der Waals surface area contributed by atoms with Crippen molar-refractivity contribution in [2.75, 3.05) is 0 Å². The van der Waals surface area contributed by atoms with Gasteiger partial charge in [-0.2, -0.15) is 0 Å². The average Bonchev–Trinajstić information content (AvgIpc) is 2.44. The number of rotatable bonds is 2. The largest absolute Gasteiger partial charge is 0.490 e. The number of benzene rings is 1. The van der Waals surface area contributed by atoms with Gasteiger partial charge < -0.3 is 10.5 Å². The molecular weight excluding hydrogens is 198 g/mol. The molecule has 1 aromatic rings. The zero-order chi connectivity index (χ0) is 10.1. The third kappa shape index (κ3) is 2.02. The topological polar surface area (TPSA) is 35.2 Å². The fraction of sp³-hybridized carbons (Fsp3) is 0.455. The van der Waals surface area contributed by atoms with Gasteiger partial charge in [0.05, 0.1) is 0 Å². The lowest BCUT2D eigenvalue weighted by atomic mass is 10.1. The van der Waals surface area contributed by atoms with E-state index < -0.39 is 0 Å². The van der Waals surface area contributed by atoms with E-state index in [0.29, 0.717) is 0 Å². The van der Waals surface area contributed by atoms with Gasteiger partial charge in [0.15, 0.2) is 0 Å². The van der Waals surface area contributed by atoms with Crippen LogP contribution in [0.1, 0.15) is 18.9 Å². The molecule has 2 rings (SSSR count). The molecule has 2 N–H and O–H groups in total. The molecule has 1 aliphatic heterocycles. The van der Waals surface area contributed by atoms with Crippen LogP contribution in [0.15, 0.2) is 18.2 Å². The predicted octanol–water partition coefficient (Wildman–Crippen LogP) is 2.38. The summed E-state index contributed by atoms with van der Waals surface area (Å²) in [6.07, 6.45) is 2.05. The van der Waals surface area contributed by atoms with E-state index in [4.69, 9.17) is 22.1 Å². The first kappa shape index (κ1) is 9.81. The SMILES string of the molecule is CC(N)CC1Cc2cc(Cl)ccc2O1. The van der Waals surface area contributed by atoms with Crippen molar-refractivity contribution < 1.29 is 4.74 Å². The smallest absolute Gasteiger partial charge is 0.123 e. The molecular formula is C11H14ClNO. The van der Waals surface area contributed by atoms with Gasteiger partial charge in [-0.1, -0.05) is 11.6 Å². The Morgan fingerprint density at radius 2 is 2.43 bits per heavy atom. The second-order valence-corrected chi connectivity index (χ2v) is 4.35. The highest BCUT2D eigenvalue weighted by Gasteiger charge is 2.23. The minimum atomic E-state index is 0.185. The number of hydrogen-bond donors (Lipinski definition) is 1. The molecule has 2 atom stereocenters. The quantitative estimate of drug-likeness (QED) is 0.815. The minimum Gasteiger partial charge on any atom is -0.490 e. The molecule has 0 saturated carbocycles. The first-order valence-electron chi connectivity index (χ1n) is 4.86. The minimum absolute atomic E-state index is 0.185. The van der Waals surface area contributed by atoms with Crippen molar-refractivity contribution >= 4 is 11.6 Å². The average molecular weight is 212 g/mol. The van der Waals surface area contributed by atoms with Gasteiger partial charge in [-0.15, -0.1) is 0 Å². The summed E-state index contributed by atoms with van der Waals surface area (Å²) < 4.78 is 5.73. The van der Waals surface area contributed by atoms with E-state index in [1.54, 1.807) is 0 Å². The van der Waals surface area contributed by atoms with Crippen LogP contribution in [0.2, 0.25) is 5.02 Å². The summed E-state index contributed by atoms with van der Waals surface area (Å²) in [4.78, 5) is 0. The lowest BCUT2D eigenvalue weighted by Crippen LogP contribution is -2.25. The van der Waals surface area contributed by atoms with E-state index >= 15 is 0 Å².